The van der Waals surface area contributed by atoms with Crippen molar-refractivity contribution in [2.24, 2.45) is 0 Å². The van der Waals surface area contributed by atoms with Gasteiger partial charge in [-0.1, -0.05) is 79.7 Å². The molecule has 3 aromatic carbocycles. The van der Waals surface area contributed by atoms with E-state index in [1.54, 1.807) is 24.3 Å². The summed E-state index contributed by atoms with van der Waals surface area (Å²) >= 11 is 0. The molecule has 0 bridgehead atoms. The van der Waals surface area contributed by atoms with Gasteiger partial charge in [0.1, 0.15) is 18.2 Å². The fraction of sp³-hybridized carbons (Fsp3) is 0.143. The molecule has 0 spiro atoms. The Morgan fingerprint density at radius 3 is 2.06 bits per heavy atom. The summed E-state index contributed by atoms with van der Waals surface area (Å²) in [6.45, 7) is 2.53. The third-order valence-electron chi connectivity index (χ3n) is 5.01. The molecule has 0 aliphatic heterocycles. The molecule has 0 unspecified atom stereocenters. The van der Waals surface area contributed by atoms with E-state index in [0.717, 1.165) is 17.5 Å². The fourth-order valence-electron chi connectivity index (χ4n) is 3.15. The highest BCUT2D eigenvalue weighted by Crippen LogP contribution is 2.20. The predicted molar refractivity (Wildman–Crippen MR) is 134 cm³/mol. The number of amides is 1. The first-order valence-electron chi connectivity index (χ1n) is 11.0. The molecular weight excluding hydrogens is 429 g/mol. The van der Waals surface area contributed by atoms with Crippen molar-refractivity contribution < 1.29 is 13.9 Å². The number of hydrogen-bond donors (Lipinski definition) is 1. The molecule has 6 heteroatoms. The Morgan fingerprint density at radius 1 is 0.882 bits per heavy atom. The second-order valence-corrected chi connectivity index (χ2v) is 7.53. The van der Waals surface area contributed by atoms with Crippen molar-refractivity contribution in [3.05, 3.63) is 126 Å². The molecule has 1 amide bonds. The van der Waals surface area contributed by atoms with Crippen LogP contribution in [0.4, 0.5) is 20.7 Å². The first-order chi connectivity index (χ1) is 16.5. The predicted octanol–water partition coefficient (Wildman–Crippen LogP) is 6.40. The third-order valence-corrected chi connectivity index (χ3v) is 5.01. The van der Waals surface area contributed by atoms with Gasteiger partial charge >= 0.3 is 6.09 Å². The number of halogens is 1. The van der Waals surface area contributed by atoms with Crippen LogP contribution in [-0.2, 0) is 24.3 Å². The average molecular weight is 458 g/mol. The van der Waals surface area contributed by atoms with Crippen molar-refractivity contribution in [2.45, 2.75) is 26.5 Å². The standard InChI is InChI=1S/C20H18FN3O2.C8H10/c21-17-8-6-15(7-9-17)13-24(18-10-11-23-19(22)12-18)20(25)26-14-16-4-2-1-3-5-16;1-2-8-6-4-3-5-7-8/h1-12H,13-14H2,(H2,22,23);3-7H,2H2,1H3. The first kappa shape index (κ1) is 24.5. The molecule has 0 aliphatic carbocycles. The Hall–Kier alpha value is -4.19. The molecule has 4 rings (SSSR count). The molecule has 0 fully saturated rings. The van der Waals surface area contributed by atoms with E-state index in [4.69, 9.17) is 10.5 Å². The van der Waals surface area contributed by atoms with Crippen LogP contribution in [0.25, 0.3) is 0 Å². The SMILES string of the molecule is CCc1ccccc1.Nc1cc(N(Cc2ccc(F)cc2)C(=O)OCc2ccccc2)ccn1. The van der Waals surface area contributed by atoms with Crippen molar-refractivity contribution in [3.8, 4) is 0 Å². The number of carbonyl (C=O) groups excluding carboxylic acids is 1. The van der Waals surface area contributed by atoms with E-state index in [9.17, 15) is 9.18 Å². The number of pyridine rings is 1. The lowest BCUT2D eigenvalue weighted by atomic mass is 10.2. The summed E-state index contributed by atoms with van der Waals surface area (Å²) in [7, 11) is 0. The zero-order valence-corrected chi connectivity index (χ0v) is 19.1. The average Bonchev–Trinajstić information content (AvgIpc) is 2.88. The number of ether oxygens (including phenoxy) is 1. The van der Waals surface area contributed by atoms with Crippen LogP contribution in [0.15, 0.2) is 103 Å². The maximum absolute atomic E-state index is 13.1. The molecule has 0 aliphatic rings. The van der Waals surface area contributed by atoms with Gasteiger partial charge in [0.05, 0.1) is 12.2 Å². The Morgan fingerprint density at radius 2 is 1.50 bits per heavy atom. The highest BCUT2D eigenvalue weighted by atomic mass is 19.1. The minimum absolute atomic E-state index is 0.153. The Bertz CT molecular complexity index is 1150. The summed E-state index contributed by atoms with van der Waals surface area (Å²) in [4.78, 5) is 18.0. The molecule has 0 radical (unpaired) electrons. The third kappa shape index (κ3) is 7.74. The molecule has 0 saturated heterocycles. The Kier molecular flexibility index (Phi) is 9.17. The van der Waals surface area contributed by atoms with Crippen LogP contribution in [0.2, 0.25) is 0 Å². The number of aromatic nitrogens is 1. The van der Waals surface area contributed by atoms with E-state index in [1.807, 2.05) is 36.4 Å². The summed E-state index contributed by atoms with van der Waals surface area (Å²) in [5, 5.41) is 0. The molecular formula is C28H28FN3O2. The van der Waals surface area contributed by atoms with Gasteiger partial charge in [-0.05, 0) is 41.3 Å². The summed E-state index contributed by atoms with van der Waals surface area (Å²) in [6, 6.07) is 29.1. The van der Waals surface area contributed by atoms with Gasteiger partial charge in [0.25, 0.3) is 0 Å². The van der Waals surface area contributed by atoms with Gasteiger partial charge < -0.3 is 10.5 Å². The number of rotatable bonds is 6. The molecule has 2 N–H and O–H groups in total. The van der Waals surface area contributed by atoms with Crippen LogP contribution >= 0.6 is 0 Å². The van der Waals surface area contributed by atoms with Crippen LogP contribution < -0.4 is 10.6 Å². The molecule has 1 heterocycles. The maximum atomic E-state index is 13.1. The zero-order chi connectivity index (χ0) is 24.2. The molecule has 4 aromatic rings. The molecule has 34 heavy (non-hydrogen) atoms. The van der Waals surface area contributed by atoms with Crippen molar-refractivity contribution in [2.75, 3.05) is 10.6 Å². The summed E-state index contributed by atoms with van der Waals surface area (Å²) < 4.78 is 18.6. The van der Waals surface area contributed by atoms with Gasteiger partial charge in [0, 0.05) is 12.3 Å². The van der Waals surface area contributed by atoms with Gasteiger partial charge in [0.2, 0.25) is 0 Å². The number of anilines is 2. The van der Waals surface area contributed by atoms with E-state index < -0.39 is 6.09 Å². The fourth-order valence-corrected chi connectivity index (χ4v) is 3.15. The largest absolute Gasteiger partial charge is 0.444 e. The number of nitrogens with zero attached hydrogens (tertiary/aromatic N) is 2. The highest BCUT2D eigenvalue weighted by Gasteiger charge is 2.18. The summed E-state index contributed by atoms with van der Waals surface area (Å²) in [5.41, 5.74) is 9.35. The molecule has 0 saturated carbocycles. The highest BCUT2D eigenvalue weighted by molar-refractivity contribution is 5.88. The van der Waals surface area contributed by atoms with Gasteiger partial charge in [-0.2, -0.15) is 0 Å². The number of nitrogens with two attached hydrogens (primary N) is 1. The second-order valence-electron chi connectivity index (χ2n) is 7.53. The van der Waals surface area contributed by atoms with E-state index in [0.29, 0.717) is 11.5 Å². The van der Waals surface area contributed by atoms with Crippen molar-refractivity contribution in [3.63, 3.8) is 0 Å². The maximum Gasteiger partial charge on any atom is 0.414 e. The van der Waals surface area contributed by atoms with E-state index in [2.05, 4.69) is 36.2 Å². The number of benzene rings is 3. The molecule has 1 aromatic heterocycles. The molecule has 174 valence electrons. The second kappa shape index (κ2) is 12.7. The van der Waals surface area contributed by atoms with Crippen LogP contribution in [0.5, 0.6) is 0 Å². The number of aryl methyl sites for hydroxylation is 1. The minimum Gasteiger partial charge on any atom is -0.444 e. The van der Waals surface area contributed by atoms with Crippen molar-refractivity contribution in [1.82, 2.24) is 4.98 Å². The normalized spacial score (nSPS) is 10.1. The topological polar surface area (TPSA) is 68.5 Å². The van der Waals surface area contributed by atoms with Gasteiger partial charge in [-0.3, -0.25) is 4.90 Å². The lowest BCUT2D eigenvalue weighted by Gasteiger charge is -2.22. The van der Waals surface area contributed by atoms with E-state index in [-0.39, 0.29) is 19.0 Å². The van der Waals surface area contributed by atoms with E-state index in [1.165, 1.54) is 28.8 Å². The smallest absolute Gasteiger partial charge is 0.414 e. The Balaban J connectivity index is 0.000000343. The summed E-state index contributed by atoms with van der Waals surface area (Å²) in [5.74, 6) is -0.0393. The van der Waals surface area contributed by atoms with Gasteiger partial charge in [-0.15, -0.1) is 0 Å². The van der Waals surface area contributed by atoms with Gasteiger partial charge in [-0.25, -0.2) is 14.2 Å². The van der Waals surface area contributed by atoms with Gasteiger partial charge in [0.15, 0.2) is 0 Å². The first-order valence-corrected chi connectivity index (χ1v) is 11.0. The number of nitrogen functional groups attached to an aromatic ring is 1. The molecule has 0 atom stereocenters. The summed E-state index contributed by atoms with van der Waals surface area (Å²) in [6.07, 6.45) is 2.14. The molecule has 5 nitrogen and oxygen atoms in total. The Labute approximate surface area is 199 Å². The lowest BCUT2D eigenvalue weighted by Crippen LogP contribution is -2.31. The van der Waals surface area contributed by atoms with E-state index >= 15 is 0 Å². The number of hydrogen-bond acceptors (Lipinski definition) is 4. The lowest BCUT2D eigenvalue weighted by molar-refractivity contribution is 0.146. The number of carbonyl (C=O) groups is 1. The van der Waals surface area contributed by atoms with Crippen LogP contribution in [0.1, 0.15) is 23.6 Å². The monoisotopic (exact) mass is 457 g/mol. The van der Waals surface area contributed by atoms with Crippen LogP contribution in [-0.4, -0.2) is 11.1 Å². The zero-order valence-electron chi connectivity index (χ0n) is 19.1. The minimum atomic E-state index is -0.524. The van der Waals surface area contributed by atoms with Crippen LogP contribution in [0, 0.1) is 5.82 Å². The quantitative estimate of drug-likeness (QED) is 0.364. The van der Waals surface area contributed by atoms with Crippen LogP contribution in [0.3, 0.4) is 0 Å². The van der Waals surface area contributed by atoms with Crippen molar-refractivity contribution in [1.29, 1.82) is 0 Å². The van der Waals surface area contributed by atoms with Crippen molar-refractivity contribution >= 4 is 17.6 Å².